The highest BCUT2D eigenvalue weighted by molar-refractivity contribution is 5.92. The van der Waals surface area contributed by atoms with Crippen LogP contribution in [0.15, 0.2) is 103 Å². The molecule has 0 N–H and O–H groups in total. The molecule has 1 aliphatic rings. The number of nitrogens with zero attached hydrogens (tertiary/aromatic N) is 2. The lowest BCUT2D eigenvalue weighted by Crippen LogP contribution is -2.41. The van der Waals surface area contributed by atoms with Gasteiger partial charge >= 0.3 is 11.9 Å². The lowest BCUT2D eigenvalue weighted by Gasteiger charge is -2.29. The highest BCUT2D eigenvalue weighted by Gasteiger charge is 2.25. The van der Waals surface area contributed by atoms with Crippen molar-refractivity contribution >= 4 is 17.8 Å². The van der Waals surface area contributed by atoms with E-state index in [0.717, 1.165) is 55.8 Å². The molecule has 9 heteroatoms. The molecule has 0 bridgehead atoms. The van der Waals surface area contributed by atoms with Gasteiger partial charge in [-0.3, -0.25) is 19.3 Å². The number of hydrogen-bond acceptors (Lipinski definition) is 8. The zero-order valence-electron chi connectivity index (χ0n) is 29.7. The first-order chi connectivity index (χ1) is 24.1. The van der Waals surface area contributed by atoms with Crippen molar-refractivity contribution in [1.29, 1.82) is 0 Å². The smallest absolute Gasteiger partial charge is 0.326 e. The average Bonchev–Trinajstić information content (AvgIpc) is 3.10. The number of rotatable bonds is 18. The quantitative estimate of drug-likeness (QED) is 0.111. The lowest BCUT2D eigenvalue weighted by atomic mass is 9.95. The van der Waals surface area contributed by atoms with Gasteiger partial charge in [0, 0.05) is 25.7 Å². The zero-order chi connectivity index (χ0) is 35.6. The summed E-state index contributed by atoms with van der Waals surface area (Å²) in [5.41, 5.74) is 2.67. The largest absolute Gasteiger partial charge is 0.459 e. The van der Waals surface area contributed by atoms with Gasteiger partial charge in [-0.1, -0.05) is 97.1 Å². The number of amides is 1. The van der Waals surface area contributed by atoms with Gasteiger partial charge in [0.2, 0.25) is 5.91 Å². The molecular formula is C41H52N2O7. The van der Waals surface area contributed by atoms with Crippen molar-refractivity contribution in [1.82, 2.24) is 9.80 Å². The van der Waals surface area contributed by atoms with Gasteiger partial charge in [0.05, 0.1) is 25.4 Å². The fourth-order valence-electron chi connectivity index (χ4n) is 5.74. The van der Waals surface area contributed by atoms with Gasteiger partial charge in [-0.2, -0.15) is 0 Å². The Kier molecular flexibility index (Phi) is 15.7. The van der Waals surface area contributed by atoms with Gasteiger partial charge in [-0.25, -0.2) is 0 Å². The molecule has 1 saturated carbocycles. The molecule has 268 valence electrons. The molecule has 0 aromatic heterocycles. The Bertz CT molecular complexity index is 1430. The van der Waals surface area contributed by atoms with E-state index in [4.69, 9.17) is 18.9 Å². The highest BCUT2D eigenvalue weighted by atomic mass is 16.6. The fraction of sp³-hybridized carbons (Fsp3) is 0.439. The lowest BCUT2D eigenvalue weighted by molar-refractivity contribution is -0.160. The molecule has 0 unspecified atom stereocenters. The molecule has 50 heavy (non-hydrogen) atoms. The average molecular weight is 685 g/mol. The summed E-state index contributed by atoms with van der Waals surface area (Å²) in [6, 6.07) is 30.3. The molecule has 1 fully saturated rings. The van der Waals surface area contributed by atoms with E-state index < -0.39 is 23.4 Å². The van der Waals surface area contributed by atoms with Crippen LogP contribution in [0.3, 0.4) is 0 Å². The Hall–Kier alpha value is -4.31. The summed E-state index contributed by atoms with van der Waals surface area (Å²) in [5, 5.41) is 0. The van der Waals surface area contributed by atoms with Gasteiger partial charge in [-0.15, -0.1) is 0 Å². The summed E-state index contributed by atoms with van der Waals surface area (Å²) in [5.74, 6) is -1.72. The first-order valence-electron chi connectivity index (χ1n) is 17.5. The summed E-state index contributed by atoms with van der Waals surface area (Å²) in [4.78, 5) is 41.7. The van der Waals surface area contributed by atoms with Crippen molar-refractivity contribution in [3.8, 4) is 0 Å². The predicted molar refractivity (Wildman–Crippen MR) is 193 cm³/mol. The second-order valence-electron chi connectivity index (χ2n) is 13.6. The summed E-state index contributed by atoms with van der Waals surface area (Å²) < 4.78 is 23.1. The second kappa shape index (κ2) is 20.4. The molecule has 0 spiro atoms. The molecule has 3 aromatic carbocycles. The van der Waals surface area contributed by atoms with Crippen molar-refractivity contribution in [3.05, 3.63) is 120 Å². The summed E-state index contributed by atoms with van der Waals surface area (Å²) in [7, 11) is 0. The van der Waals surface area contributed by atoms with Crippen molar-refractivity contribution in [2.45, 2.75) is 84.0 Å². The Labute approximate surface area is 297 Å². The monoisotopic (exact) mass is 684 g/mol. The van der Waals surface area contributed by atoms with E-state index in [0.29, 0.717) is 6.61 Å². The van der Waals surface area contributed by atoms with Crippen LogP contribution in [0.1, 0.15) is 63.1 Å². The van der Waals surface area contributed by atoms with E-state index in [1.54, 1.807) is 26.8 Å². The molecule has 0 aliphatic heterocycles. The SMILES string of the molecule is CC(C)(C)OC(=O)CN(CC(=O)OCc1ccccc1)C(=O)/C=C/COC1CCC(OCCN(Cc2ccccc2)Cc2ccccc2)CC1. The molecule has 9 nitrogen and oxygen atoms in total. The Balaban J connectivity index is 1.18. The first-order valence-corrected chi connectivity index (χ1v) is 17.5. The van der Waals surface area contributed by atoms with Crippen LogP contribution in [-0.2, 0) is 53.0 Å². The van der Waals surface area contributed by atoms with E-state index in [2.05, 4.69) is 53.4 Å². The molecule has 1 amide bonds. The van der Waals surface area contributed by atoms with Gasteiger partial charge in [0.1, 0.15) is 25.3 Å². The summed E-state index contributed by atoms with van der Waals surface area (Å²) in [6.07, 6.45) is 6.82. The minimum absolute atomic E-state index is 0.0755. The third-order valence-electron chi connectivity index (χ3n) is 8.18. The third-order valence-corrected chi connectivity index (χ3v) is 8.18. The third kappa shape index (κ3) is 15.1. The van der Waals surface area contributed by atoms with Crippen LogP contribution in [-0.4, -0.2) is 78.3 Å². The van der Waals surface area contributed by atoms with E-state index in [9.17, 15) is 14.4 Å². The second-order valence-corrected chi connectivity index (χ2v) is 13.6. The first kappa shape index (κ1) is 38.5. The van der Waals surface area contributed by atoms with E-state index in [-0.39, 0.29) is 38.5 Å². The van der Waals surface area contributed by atoms with E-state index in [1.165, 1.54) is 17.2 Å². The van der Waals surface area contributed by atoms with E-state index >= 15 is 0 Å². The standard InChI is InChI=1S/C41H52N2O7/c1-41(2,3)50-40(46)31-43(30-39(45)49-32-35-18-11-6-12-19-35)38(44)20-13-26-47-36-21-23-37(24-22-36)48-27-25-42(28-33-14-7-4-8-15-33)29-34-16-9-5-10-17-34/h4-20,36-37H,21-32H2,1-3H3/b20-13+. The maximum atomic E-state index is 13.0. The fourth-order valence-corrected chi connectivity index (χ4v) is 5.74. The maximum Gasteiger partial charge on any atom is 0.326 e. The Morgan fingerprint density at radius 2 is 1.20 bits per heavy atom. The predicted octanol–water partition coefficient (Wildman–Crippen LogP) is 6.50. The van der Waals surface area contributed by atoms with Crippen LogP contribution in [0.25, 0.3) is 0 Å². The van der Waals surface area contributed by atoms with Crippen molar-refractivity contribution in [2.24, 2.45) is 0 Å². The van der Waals surface area contributed by atoms with E-state index in [1.807, 2.05) is 42.5 Å². The molecule has 0 radical (unpaired) electrons. The molecule has 0 saturated heterocycles. The van der Waals surface area contributed by atoms with Crippen molar-refractivity contribution < 1.29 is 33.3 Å². The summed E-state index contributed by atoms with van der Waals surface area (Å²) >= 11 is 0. The Morgan fingerprint density at radius 3 is 1.74 bits per heavy atom. The molecular weight excluding hydrogens is 632 g/mol. The number of esters is 2. The van der Waals surface area contributed by atoms with Crippen LogP contribution in [0, 0.1) is 0 Å². The Morgan fingerprint density at radius 1 is 0.700 bits per heavy atom. The van der Waals surface area contributed by atoms with Gasteiger partial charge in [-0.05, 0) is 63.1 Å². The summed E-state index contributed by atoms with van der Waals surface area (Å²) in [6.45, 7) is 8.05. The highest BCUT2D eigenvalue weighted by Crippen LogP contribution is 2.24. The van der Waals surface area contributed by atoms with Gasteiger partial charge in [0.15, 0.2) is 0 Å². The maximum absolute atomic E-state index is 13.0. The number of benzene rings is 3. The van der Waals surface area contributed by atoms with Gasteiger partial charge < -0.3 is 23.8 Å². The van der Waals surface area contributed by atoms with Crippen molar-refractivity contribution in [3.63, 3.8) is 0 Å². The molecule has 0 heterocycles. The van der Waals surface area contributed by atoms with Crippen LogP contribution < -0.4 is 0 Å². The molecule has 1 aliphatic carbocycles. The van der Waals surface area contributed by atoms with Crippen LogP contribution >= 0.6 is 0 Å². The normalized spacial score (nSPS) is 16.3. The minimum Gasteiger partial charge on any atom is -0.459 e. The van der Waals surface area contributed by atoms with Crippen LogP contribution in [0.4, 0.5) is 0 Å². The van der Waals surface area contributed by atoms with Gasteiger partial charge in [0.25, 0.3) is 0 Å². The minimum atomic E-state index is -0.724. The molecule has 0 atom stereocenters. The number of ether oxygens (including phenoxy) is 4. The number of carbonyl (C=O) groups excluding carboxylic acids is 3. The number of carbonyl (C=O) groups is 3. The number of hydrogen-bond donors (Lipinski definition) is 0. The van der Waals surface area contributed by atoms with Crippen LogP contribution in [0.5, 0.6) is 0 Å². The van der Waals surface area contributed by atoms with Crippen molar-refractivity contribution in [2.75, 3.05) is 32.8 Å². The zero-order valence-corrected chi connectivity index (χ0v) is 29.7. The molecule has 4 rings (SSSR count). The topological polar surface area (TPSA) is 94.6 Å². The molecule has 3 aromatic rings. The van der Waals surface area contributed by atoms with Crippen LogP contribution in [0.2, 0.25) is 0 Å².